The molecule has 1 atom stereocenters. The second kappa shape index (κ2) is 7.03. The average Bonchev–Trinajstić information content (AvgIpc) is 2.47. The third-order valence-electron chi connectivity index (χ3n) is 2.97. The van der Waals surface area contributed by atoms with E-state index < -0.39 is 0 Å². The van der Waals surface area contributed by atoms with Crippen LogP contribution in [-0.4, -0.2) is 38.8 Å². The second-order valence-corrected chi connectivity index (χ2v) is 5.23. The van der Waals surface area contributed by atoms with E-state index in [9.17, 15) is 0 Å². The number of benzene rings is 1. The molecule has 20 heavy (non-hydrogen) atoms. The fourth-order valence-corrected chi connectivity index (χ4v) is 1.90. The van der Waals surface area contributed by atoms with E-state index in [-0.39, 0.29) is 6.10 Å². The van der Waals surface area contributed by atoms with Gasteiger partial charge in [-0.3, -0.25) is 4.99 Å². The van der Waals surface area contributed by atoms with Gasteiger partial charge in [0.25, 0.3) is 0 Å². The Kier molecular flexibility index (Phi) is 5.09. The summed E-state index contributed by atoms with van der Waals surface area (Å²) >= 11 is 0. The van der Waals surface area contributed by atoms with Crippen molar-refractivity contribution in [1.82, 2.24) is 10.6 Å². The molecule has 2 rings (SSSR count). The van der Waals surface area contributed by atoms with Crippen LogP contribution in [0.5, 0.6) is 11.5 Å². The fraction of sp³-hybridized carbons (Fsp3) is 0.533. The molecule has 0 radical (unpaired) electrons. The van der Waals surface area contributed by atoms with Crippen LogP contribution < -0.4 is 20.1 Å². The molecule has 0 bridgehead atoms. The van der Waals surface area contributed by atoms with Crippen molar-refractivity contribution in [3.05, 3.63) is 24.3 Å². The van der Waals surface area contributed by atoms with Crippen LogP contribution in [0.4, 0.5) is 0 Å². The predicted octanol–water partition coefficient (Wildman–Crippen LogP) is 1.65. The van der Waals surface area contributed by atoms with Crippen molar-refractivity contribution in [3.8, 4) is 11.5 Å². The van der Waals surface area contributed by atoms with Crippen molar-refractivity contribution in [2.75, 3.05) is 26.7 Å². The molecule has 2 N–H and O–H groups in total. The molecule has 110 valence electrons. The summed E-state index contributed by atoms with van der Waals surface area (Å²) in [6.07, 6.45) is -0.0116. The van der Waals surface area contributed by atoms with Crippen LogP contribution >= 0.6 is 0 Å². The van der Waals surface area contributed by atoms with Gasteiger partial charge in [0.2, 0.25) is 0 Å². The number of nitrogens with one attached hydrogen (secondary N) is 2. The van der Waals surface area contributed by atoms with E-state index in [1.54, 1.807) is 7.05 Å². The van der Waals surface area contributed by atoms with Crippen molar-refractivity contribution in [1.29, 1.82) is 0 Å². The summed E-state index contributed by atoms with van der Waals surface area (Å²) in [5, 5.41) is 6.53. The van der Waals surface area contributed by atoms with Crippen molar-refractivity contribution >= 4 is 5.96 Å². The first kappa shape index (κ1) is 14.5. The van der Waals surface area contributed by atoms with Crippen LogP contribution in [0, 0.1) is 5.92 Å². The molecule has 0 fully saturated rings. The Morgan fingerprint density at radius 1 is 1.30 bits per heavy atom. The summed E-state index contributed by atoms with van der Waals surface area (Å²) in [4.78, 5) is 4.19. The predicted molar refractivity (Wildman–Crippen MR) is 80.6 cm³/mol. The topological polar surface area (TPSA) is 54.9 Å². The lowest BCUT2D eigenvalue weighted by Crippen LogP contribution is -2.46. The third-order valence-corrected chi connectivity index (χ3v) is 2.97. The first-order valence-corrected chi connectivity index (χ1v) is 7.02. The van der Waals surface area contributed by atoms with Gasteiger partial charge in [-0.2, -0.15) is 0 Å². The van der Waals surface area contributed by atoms with Crippen molar-refractivity contribution < 1.29 is 9.47 Å². The molecule has 0 aliphatic carbocycles. The number of nitrogens with zero attached hydrogens (tertiary/aromatic N) is 1. The van der Waals surface area contributed by atoms with Gasteiger partial charge in [0.1, 0.15) is 12.7 Å². The summed E-state index contributed by atoms with van der Waals surface area (Å²) in [5.41, 5.74) is 0. The van der Waals surface area contributed by atoms with E-state index in [0.717, 1.165) is 24.0 Å². The zero-order valence-electron chi connectivity index (χ0n) is 12.3. The highest BCUT2D eigenvalue weighted by Crippen LogP contribution is 2.30. The molecule has 1 aliphatic heterocycles. The van der Waals surface area contributed by atoms with Crippen molar-refractivity contribution in [2.45, 2.75) is 20.0 Å². The summed E-state index contributed by atoms with van der Waals surface area (Å²) in [7, 11) is 1.77. The Bertz CT molecular complexity index is 460. The molecule has 0 aromatic heterocycles. The second-order valence-electron chi connectivity index (χ2n) is 5.23. The zero-order chi connectivity index (χ0) is 14.4. The number of guanidine groups is 1. The fourth-order valence-electron chi connectivity index (χ4n) is 1.90. The number of hydrogen-bond acceptors (Lipinski definition) is 3. The summed E-state index contributed by atoms with van der Waals surface area (Å²) < 4.78 is 11.6. The molecule has 1 unspecified atom stereocenters. The molecule has 0 spiro atoms. The largest absolute Gasteiger partial charge is 0.486 e. The summed E-state index contributed by atoms with van der Waals surface area (Å²) in [5.74, 6) is 2.98. The molecule has 0 saturated carbocycles. The Balaban J connectivity index is 1.80. The lowest BCUT2D eigenvalue weighted by Gasteiger charge is -2.27. The number of rotatable bonds is 4. The molecule has 1 aliphatic rings. The Morgan fingerprint density at radius 2 is 2.05 bits per heavy atom. The maximum Gasteiger partial charge on any atom is 0.191 e. The number of ether oxygens (including phenoxy) is 2. The van der Waals surface area contributed by atoms with Crippen molar-refractivity contribution in [2.24, 2.45) is 10.9 Å². The quantitative estimate of drug-likeness (QED) is 0.649. The van der Waals surface area contributed by atoms with E-state index in [1.807, 2.05) is 24.3 Å². The maximum atomic E-state index is 5.88. The first-order chi connectivity index (χ1) is 9.69. The molecular formula is C15H23N3O2. The van der Waals surface area contributed by atoms with E-state index >= 15 is 0 Å². The summed E-state index contributed by atoms with van der Waals surface area (Å²) in [6, 6.07) is 7.73. The molecular weight excluding hydrogens is 254 g/mol. The molecule has 1 heterocycles. The van der Waals surface area contributed by atoms with Gasteiger partial charge in [0.05, 0.1) is 6.54 Å². The molecule has 5 nitrogen and oxygen atoms in total. The smallest absolute Gasteiger partial charge is 0.191 e. The van der Waals surface area contributed by atoms with E-state index in [4.69, 9.17) is 9.47 Å². The van der Waals surface area contributed by atoms with E-state index in [1.165, 1.54) is 0 Å². The number of hydrogen-bond donors (Lipinski definition) is 2. The number of para-hydroxylation sites is 2. The third kappa shape index (κ3) is 4.05. The van der Waals surface area contributed by atoms with Gasteiger partial charge in [0, 0.05) is 13.6 Å². The standard InChI is InChI=1S/C15H23N3O2/c1-11(2)8-17-15(16-3)18-9-12-10-19-13-6-4-5-7-14(13)20-12/h4-7,11-12H,8-10H2,1-3H3,(H2,16,17,18). The monoisotopic (exact) mass is 277 g/mol. The molecule has 1 aromatic carbocycles. The number of aliphatic imine (C=N–C) groups is 1. The van der Waals surface area contributed by atoms with Crippen LogP contribution in [0.2, 0.25) is 0 Å². The average molecular weight is 277 g/mol. The van der Waals surface area contributed by atoms with Gasteiger partial charge in [-0.05, 0) is 18.1 Å². The lowest BCUT2D eigenvalue weighted by molar-refractivity contribution is 0.0936. The highest BCUT2D eigenvalue weighted by Gasteiger charge is 2.20. The normalized spacial score (nSPS) is 18.0. The highest BCUT2D eigenvalue weighted by atomic mass is 16.6. The van der Waals surface area contributed by atoms with Crippen LogP contribution in [0.3, 0.4) is 0 Å². The zero-order valence-corrected chi connectivity index (χ0v) is 12.3. The van der Waals surface area contributed by atoms with E-state index in [0.29, 0.717) is 19.1 Å². The Hall–Kier alpha value is -1.91. The van der Waals surface area contributed by atoms with Gasteiger partial charge in [0.15, 0.2) is 17.5 Å². The van der Waals surface area contributed by atoms with E-state index in [2.05, 4.69) is 29.5 Å². The maximum absolute atomic E-state index is 5.88. The SMILES string of the molecule is CN=C(NCC(C)C)NCC1COc2ccccc2O1. The van der Waals surface area contributed by atoms with Gasteiger partial charge >= 0.3 is 0 Å². The minimum absolute atomic E-state index is 0.0116. The minimum atomic E-state index is -0.0116. The van der Waals surface area contributed by atoms with Gasteiger partial charge < -0.3 is 20.1 Å². The molecule has 1 aromatic rings. The van der Waals surface area contributed by atoms with Crippen LogP contribution in [-0.2, 0) is 0 Å². The first-order valence-electron chi connectivity index (χ1n) is 7.02. The number of fused-ring (bicyclic) bond motifs is 1. The molecule has 0 saturated heterocycles. The van der Waals surface area contributed by atoms with Crippen LogP contribution in [0.25, 0.3) is 0 Å². The Morgan fingerprint density at radius 3 is 2.75 bits per heavy atom. The van der Waals surface area contributed by atoms with Gasteiger partial charge in [-0.25, -0.2) is 0 Å². The van der Waals surface area contributed by atoms with Gasteiger partial charge in [-0.1, -0.05) is 26.0 Å². The van der Waals surface area contributed by atoms with Crippen LogP contribution in [0.1, 0.15) is 13.8 Å². The summed E-state index contributed by atoms with van der Waals surface area (Å²) in [6.45, 7) is 6.42. The minimum Gasteiger partial charge on any atom is -0.486 e. The molecule has 0 amide bonds. The lowest BCUT2D eigenvalue weighted by atomic mass is 10.2. The van der Waals surface area contributed by atoms with Crippen molar-refractivity contribution in [3.63, 3.8) is 0 Å². The van der Waals surface area contributed by atoms with Crippen LogP contribution in [0.15, 0.2) is 29.3 Å². The Labute approximate surface area is 120 Å². The van der Waals surface area contributed by atoms with Gasteiger partial charge in [-0.15, -0.1) is 0 Å². The molecule has 5 heteroatoms. The highest BCUT2D eigenvalue weighted by molar-refractivity contribution is 5.79.